The number of hydrogen-bond donors (Lipinski definition) is 0. The third-order valence-corrected chi connectivity index (χ3v) is 4.85. The number of aliphatic imine (C=N–C) groups is 2. The van der Waals surface area contributed by atoms with Gasteiger partial charge in [0.1, 0.15) is 0 Å². The Bertz CT molecular complexity index is 894. The normalized spacial score (nSPS) is 19.3. The zero-order valence-electron chi connectivity index (χ0n) is 12.6. The molecule has 1 unspecified atom stereocenters. The fourth-order valence-corrected chi connectivity index (χ4v) is 3.62. The zero-order chi connectivity index (χ0) is 16.0. The summed E-state index contributed by atoms with van der Waals surface area (Å²) in [5.74, 6) is 0. The van der Waals surface area contributed by atoms with Gasteiger partial charge in [0.15, 0.2) is 0 Å². The Balaban J connectivity index is 1.98. The van der Waals surface area contributed by atoms with Crippen LogP contribution in [-0.2, 0) is 0 Å². The third kappa shape index (κ3) is 2.43. The lowest BCUT2D eigenvalue weighted by atomic mass is 9.90. The Kier molecular flexibility index (Phi) is 3.59. The highest BCUT2D eigenvalue weighted by molar-refractivity contribution is 6.36. The standard InChI is InChI=1S/C19H14Cl2N2/c1-11-18-12(9-22-11)10-23-19(15-4-2-3-5-17(15)21)16-8-13(20)6-7-14(16)18/h2-9,11H,10H2,1H3. The molecule has 1 atom stereocenters. The summed E-state index contributed by atoms with van der Waals surface area (Å²) in [6, 6.07) is 13.9. The first kappa shape index (κ1) is 14.7. The molecule has 2 aromatic carbocycles. The molecule has 114 valence electrons. The average molecular weight is 341 g/mol. The highest BCUT2D eigenvalue weighted by atomic mass is 35.5. The van der Waals surface area contributed by atoms with Crippen molar-refractivity contribution in [1.29, 1.82) is 0 Å². The topological polar surface area (TPSA) is 24.7 Å². The molecule has 0 N–H and O–H groups in total. The molecule has 0 amide bonds. The summed E-state index contributed by atoms with van der Waals surface area (Å²) >= 11 is 12.7. The van der Waals surface area contributed by atoms with Gasteiger partial charge in [0.2, 0.25) is 0 Å². The number of rotatable bonds is 1. The number of benzene rings is 2. The molecule has 0 radical (unpaired) electrons. The number of halogens is 2. The van der Waals surface area contributed by atoms with Crippen LogP contribution in [0.4, 0.5) is 0 Å². The highest BCUT2D eigenvalue weighted by Crippen LogP contribution is 2.36. The first-order chi connectivity index (χ1) is 11.1. The van der Waals surface area contributed by atoms with Gasteiger partial charge in [-0.1, -0.05) is 47.5 Å². The van der Waals surface area contributed by atoms with Crippen molar-refractivity contribution in [2.24, 2.45) is 9.98 Å². The molecule has 2 aromatic rings. The first-order valence-corrected chi connectivity index (χ1v) is 8.26. The molecule has 2 aliphatic rings. The van der Waals surface area contributed by atoms with E-state index in [1.54, 1.807) is 0 Å². The van der Waals surface area contributed by atoms with Crippen LogP contribution in [0, 0.1) is 0 Å². The highest BCUT2D eigenvalue weighted by Gasteiger charge is 2.27. The Morgan fingerprint density at radius 1 is 1.00 bits per heavy atom. The molecular weight excluding hydrogens is 327 g/mol. The number of hydrogen-bond acceptors (Lipinski definition) is 2. The second-order valence-corrected chi connectivity index (χ2v) is 6.57. The molecule has 0 aliphatic carbocycles. The van der Waals surface area contributed by atoms with Crippen LogP contribution >= 0.6 is 23.2 Å². The van der Waals surface area contributed by atoms with Crippen molar-refractivity contribution < 1.29 is 0 Å². The SMILES string of the molecule is CC1N=CC2=C1c1ccc(Cl)cc1C(c1ccccc1Cl)=NC2. The summed E-state index contributed by atoms with van der Waals surface area (Å²) in [5, 5.41) is 1.39. The minimum atomic E-state index is 0.144. The Morgan fingerprint density at radius 3 is 2.65 bits per heavy atom. The second-order valence-electron chi connectivity index (χ2n) is 5.73. The molecule has 2 aliphatic heterocycles. The Labute approximate surface area is 145 Å². The van der Waals surface area contributed by atoms with Crippen molar-refractivity contribution in [2.45, 2.75) is 13.0 Å². The molecule has 0 bridgehead atoms. The van der Waals surface area contributed by atoms with Gasteiger partial charge in [-0.25, -0.2) is 0 Å². The Hall–Kier alpha value is -1.90. The summed E-state index contributed by atoms with van der Waals surface area (Å²) in [6.07, 6.45) is 1.94. The zero-order valence-corrected chi connectivity index (χ0v) is 14.1. The van der Waals surface area contributed by atoms with Crippen molar-refractivity contribution >= 4 is 40.7 Å². The largest absolute Gasteiger partial charge is 0.285 e. The van der Waals surface area contributed by atoms with Crippen LogP contribution in [0.1, 0.15) is 23.6 Å². The fourth-order valence-electron chi connectivity index (χ4n) is 3.22. The van der Waals surface area contributed by atoms with Crippen LogP contribution in [0.15, 0.2) is 58.0 Å². The van der Waals surface area contributed by atoms with Crippen LogP contribution in [0.3, 0.4) is 0 Å². The van der Waals surface area contributed by atoms with Crippen molar-refractivity contribution in [2.75, 3.05) is 6.54 Å². The predicted molar refractivity (Wildman–Crippen MR) is 98.3 cm³/mol. The van der Waals surface area contributed by atoms with Gasteiger partial charge in [0.25, 0.3) is 0 Å². The summed E-state index contributed by atoms with van der Waals surface area (Å²) in [4.78, 5) is 9.37. The summed E-state index contributed by atoms with van der Waals surface area (Å²) in [5.41, 5.74) is 6.40. The fraction of sp³-hybridized carbons (Fsp3) is 0.158. The van der Waals surface area contributed by atoms with E-state index in [-0.39, 0.29) is 6.04 Å². The maximum absolute atomic E-state index is 6.41. The maximum atomic E-state index is 6.41. The van der Waals surface area contributed by atoms with Crippen LogP contribution in [0.5, 0.6) is 0 Å². The number of fused-ring (bicyclic) bond motifs is 2. The predicted octanol–water partition coefficient (Wildman–Crippen LogP) is 5.07. The lowest BCUT2D eigenvalue weighted by Crippen LogP contribution is -2.09. The molecule has 0 fully saturated rings. The molecule has 2 heterocycles. The summed E-state index contributed by atoms with van der Waals surface area (Å²) in [7, 11) is 0. The van der Waals surface area contributed by atoms with E-state index in [2.05, 4.69) is 18.0 Å². The Morgan fingerprint density at radius 2 is 1.83 bits per heavy atom. The molecule has 4 rings (SSSR count). The van der Waals surface area contributed by atoms with Gasteiger partial charge in [-0.3, -0.25) is 9.98 Å². The first-order valence-electron chi connectivity index (χ1n) is 7.51. The molecule has 2 nitrogen and oxygen atoms in total. The van der Waals surface area contributed by atoms with E-state index in [9.17, 15) is 0 Å². The molecule has 0 aromatic heterocycles. The van der Waals surface area contributed by atoms with Crippen LogP contribution < -0.4 is 0 Å². The smallest absolute Gasteiger partial charge is 0.0744 e. The van der Waals surface area contributed by atoms with Gasteiger partial charge in [-0.15, -0.1) is 0 Å². The van der Waals surface area contributed by atoms with Crippen molar-refractivity contribution in [3.8, 4) is 0 Å². The molecule has 0 saturated carbocycles. The van der Waals surface area contributed by atoms with E-state index in [0.717, 1.165) is 22.4 Å². The number of nitrogens with zero attached hydrogens (tertiary/aromatic N) is 2. The molecule has 0 spiro atoms. The van der Waals surface area contributed by atoms with E-state index >= 15 is 0 Å². The van der Waals surface area contributed by atoms with Gasteiger partial charge in [0, 0.05) is 27.4 Å². The maximum Gasteiger partial charge on any atom is 0.0744 e. The van der Waals surface area contributed by atoms with E-state index in [1.807, 2.05) is 42.6 Å². The van der Waals surface area contributed by atoms with Crippen molar-refractivity contribution in [3.63, 3.8) is 0 Å². The second kappa shape index (κ2) is 5.63. The quantitative estimate of drug-likeness (QED) is 0.692. The van der Waals surface area contributed by atoms with Crippen LogP contribution in [0.25, 0.3) is 5.57 Å². The van der Waals surface area contributed by atoms with Crippen LogP contribution in [0.2, 0.25) is 10.0 Å². The molecule has 4 heteroatoms. The van der Waals surface area contributed by atoms with Gasteiger partial charge < -0.3 is 0 Å². The van der Waals surface area contributed by atoms with Crippen LogP contribution in [-0.4, -0.2) is 24.5 Å². The lowest BCUT2D eigenvalue weighted by molar-refractivity contribution is 0.967. The summed E-state index contributed by atoms with van der Waals surface area (Å²) in [6.45, 7) is 2.72. The third-order valence-electron chi connectivity index (χ3n) is 4.28. The van der Waals surface area contributed by atoms with E-state index < -0.39 is 0 Å². The molecule has 0 saturated heterocycles. The average Bonchev–Trinajstić information content (AvgIpc) is 2.82. The van der Waals surface area contributed by atoms with Gasteiger partial charge in [-0.2, -0.15) is 0 Å². The van der Waals surface area contributed by atoms with E-state index in [1.165, 1.54) is 11.1 Å². The monoisotopic (exact) mass is 340 g/mol. The van der Waals surface area contributed by atoms with Crippen molar-refractivity contribution in [1.82, 2.24) is 0 Å². The lowest BCUT2D eigenvalue weighted by Gasteiger charge is -2.15. The minimum absolute atomic E-state index is 0.144. The van der Waals surface area contributed by atoms with E-state index in [0.29, 0.717) is 16.6 Å². The molecule has 23 heavy (non-hydrogen) atoms. The van der Waals surface area contributed by atoms with Gasteiger partial charge >= 0.3 is 0 Å². The molecular formula is C19H14Cl2N2. The minimum Gasteiger partial charge on any atom is -0.285 e. The summed E-state index contributed by atoms with van der Waals surface area (Å²) < 4.78 is 0. The van der Waals surface area contributed by atoms with Gasteiger partial charge in [0.05, 0.1) is 18.3 Å². The van der Waals surface area contributed by atoms with Crippen molar-refractivity contribution in [3.05, 3.63) is 74.8 Å². The van der Waals surface area contributed by atoms with Gasteiger partial charge in [-0.05, 0) is 41.8 Å². The van der Waals surface area contributed by atoms with E-state index in [4.69, 9.17) is 28.2 Å².